The number of rotatable bonds is 5. The van der Waals surface area contributed by atoms with E-state index >= 15 is 0 Å². The van der Waals surface area contributed by atoms with E-state index in [1.54, 1.807) is 12.1 Å². The van der Waals surface area contributed by atoms with Gasteiger partial charge < -0.3 is 14.6 Å². The van der Waals surface area contributed by atoms with Crippen LogP contribution in [0.4, 0.5) is 5.69 Å². The standard InChI is InChI=1S/C16H17NO5/c1-10-4-6-11(7-5-10)15(18)12-8-13(17(19)20)16(22-3)14(9-12)21-2/h4-9,15,18H,1-3H3. The fourth-order valence-electron chi connectivity index (χ4n) is 2.20. The van der Waals surface area contributed by atoms with Crippen LogP contribution in [0.25, 0.3) is 0 Å². The number of hydrogen-bond donors (Lipinski definition) is 1. The molecular formula is C16H17NO5. The number of nitrogens with zero attached hydrogens (tertiary/aromatic N) is 1. The van der Waals surface area contributed by atoms with Crippen LogP contribution < -0.4 is 9.47 Å². The summed E-state index contributed by atoms with van der Waals surface area (Å²) in [4.78, 5) is 10.6. The van der Waals surface area contributed by atoms with Gasteiger partial charge >= 0.3 is 5.69 Å². The molecule has 0 spiro atoms. The summed E-state index contributed by atoms with van der Waals surface area (Å²) in [5.74, 6) is 0.241. The van der Waals surface area contributed by atoms with E-state index in [1.165, 1.54) is 26.4 Å². The summed E-state index contributed by atoms with van der Waals surface area (Å²) in [5, 5.41) is 21.6. The molecule has 1 atom stereocenters. The Balaban J connectivity index is 2.52. The number of aryl methyl sites for hydroxylation is 1. The lowest BCUT2D eigenvalue weighted by Gasteiger charge is -2.15. The normalized spacial score (nSPS) is 11.8. The Morgan fingerprint density at radius 3 is 2.23 bits per heavy atom. The van der Waals surface area contributed by atoms with Crippen molar-refractivity contribution in [2.45, 2.75) is 13.0 Å². The largest absolute Gasteiger partial charge is 0.493 e. The van der Waals surface area contributed by atoms with Crippen LogP contribution in [-0.4, -0.2) is 24.2 Å². The maximum absolute atomic E-state index is 11.2. The number of benzene rings is 2. The number of methoxy groups -OCH3 is 2. The van der Waals surface area contributed by atoms with Crippen LogP contribution >= 0.6 is 0 Å². The highest BCUT2D eigenvalue weighted by atomic mass is 16.6. The Morgan fingerprint density at radius 1 is 1.09 bits per heavy atom. The van der Waals surface area contributed by atoms with Crippen molar-refractivity contribution < 1.29 is 19.5 Å². The first-order valence-corrected chi connectivity index (χ1v) is 6.63. The van der Waals surface area contributed by atoms with Gasteiger partial charge in [-0.15, -0.1) is 0 Å². The van der Waals surface area contributed by atoms with Crippen LogP contribution in [0, 0.1) is 17.0 Å². The molecule has 0 saturated heterocycles. The monoisotopic (exact) mass is 303 g/mol. The highest BCUT2D eigenvalue weighted by Gasteiger charge is 2.24. The lowest BCUT2D eigenvalue weighted by molar-refractivity contribution is -0.385. The van der Waals surface area contributed by atoms with Crippen molar-refractivity contribution in [3.8, 4) is 11.5 Å². The van der Waals surface area contributed by atoms with E-state index in [4.69, 9.17) is 9.47 Å². The summed E-state index contributed by atoms with van der Waals surface area (Å²) in [6.07, 6.45) is -0.987. The maximum atomic E-state index is 11.2. The van der Waals surface area contributed by atoms with Crippen molar-refractivity contribution in [2.75, 3.05) is 14.2 Å². The Bertz CT molecular complexity index is 682. The predicted molar refractivity (Wildman–Crippen MR) is 81.4 cm³/mol. The molecule has 6 heteroatoms. The topological polar surface area (TPSA) is 81.8 Å². The molecule has 0 heterocycles. The van der Waals surface area contributed by atoms with Gasteiger partial charge in [0.25, 0.3) is 0 Å². The van der Waals surface area contributed by atoms with Gasteiger partial charge in [-0.25, -0.2) is 0 Å². The number of nitro groups is 1. The minimum atomic E-state index is -0.987. The van der Waals surface area contributed by atoms with Gasteiger partial charge in [0.05, 0.1) is 19.1 Å². The second-order valence-corrected chi connectivity index (χ2v) is 4.85. The van der Waals surface area contributed by atoms with Crippen molar-refractivity contribution in [2.24, 2.45) is 0 Å². The molecule has 116 valence electrons. The van der Waals surface area contributed by atoms with Crippen molar-refractivity contribution in [3.63, 3.8) is 0 Å². The molecule has 0 aliphatic heterocycles. The minimum Gasteiger partial charge on any atom is -0.493 e. The molecule has 2 rings (SSSR count). The van der Waals surface area contributed by atoms with Crippen molar-refractivity contribution in [3.05, 3.63) is 63.2 Å². The molecule has 0 bridgehead atoms. The fourth-order valence-corrected chi connectivity index (χ4v) is 2.20. The number of ether oxygens (including phenoxy) is 2. The van der Waals surface area contributed by atoms with Gasteiger partial charge in [0.1, 0.15) is 6.10 Å². The lowest BCUT2D eigenvalue weighted by Crippen LogP contribution is -2.04. The summed E-state index contributed by atoms with van der Waals surface area (Å²) >= 11 is 0. The first-order valence-electron chi connectivity index (χ1n) is 6.63. The molecule has 2 aromatic carbocycles. The van der Waals surface area contributed by atoms with Crippen LogP contribution in [0.2, 0.25) is 0 Å². The zero-order valence-corrected chi connectivity index (χ0v) is 12.6. The molecule has 0 aliphatic rings. The molecular weight excluding hydrogens is 286 g/mol. The van der Waals surface area contributed by atoms with Gasteiger partial charge in [-0.3, -0.25) is 10.1 Å². The summed E-state index contributed by atoms with van der Waals surface area (Å²) in [7, 11) is 2.73. The molecule has 2 aromatic rings. The molecule has 0 fully saturated rings. The molecule has 0 radical (unpaired) electrons. The smallest absolute Gasteiger partial charge is 0.315 e. The molecule has 0 aliphatic carbocycles. The van der Waals surface area contributed by atoms with E-state index in [9.17, 15) is 15.2 Å². The third-order valence-electron chi connectivity index (χ3n) is 3.39. The SMILES string of the molecule is COc1cc(C(O)c2ccc(C)cc2)cc([N+](=O)[O-])c1OC. The summed E-state index contributed by atoms with van der Waals surface area (Å²) in [5.41, 5.74) is 1.83. The molecule has 6 nitrogen and oxygen atoms in total. The third-order valence-corrected chi connectivity index (χ3v) is 3.39. The molecule has 0 saturated carbocycles. The summed E-state index contributed by atoms with van der Waals surface area (Å²) in [6.45, 7) is 1.94. The van der Waals surface area contributed by atoms with E-state index in [0.717, 1.165) is 5.56 Å². The summed E-state index contributed by atoms with van der Waals surface area (Å²) < 4.78 is 10.2. The molecule has 0 amide bonds. The average molecular weight is 303 g/mol. The number of hydrogen-bond acceptors (Lipinski definition) is 5. The quantitative estimate of drug-likeness (QED) is 0.678. The fraction of sp³-hybridized carbons (Fsp3) is 0.250. The Morgan fingerprint density at radius 2 is 1.73 bits per heavy atom. The van der Waals surface area contributed by atoms with Gasteiger partial charge in [0.2, 0.25) is 5.75 Å². The average Bonchev–Trinajstić information content (AvgIpc) is 2.53. The first-order chi connectivity index (χ1) is 10.5. The highest BCUT2D eigenvalue weighted by Crippen LogP contribution is 2.40. The molecule has 1 unspecified atom stereocenters. The minimum absolute atomic E-state index is 0.0346. The maximum Gasteiger partial charge on any atom is 0.315 e. The Kier molecular flexibility index (Phi) is 4.62. The van der Waals surface area contributed by atoms with Crippen LogP contribution in [0.5, 0.6) is 11.5 Å². The van der Waals surface area contributed by atoms with E-state index in [1.807, 2.05) is 19.1 Å². The van der Waals surface area contributed by atoms with Crippen LogP contribution in [0.3, 0.4) is 0 Å². The van der Waals surface area contributed by atoms with Gasteiger partial charge in [-0.2, -0.15) is 0 Å². The molecule has 22 heavy (non-hydrogen) atoms. The van der Waals surface area contributed by atoms with Crippen LogP contribution in [0.15, 0.2) is 36.4 Å². The zero-order chi connectivity index (χ0) is 16.3. The Hall–Kier alpha value is -2.60. The zero-order valence-electron chi connectivity index (χ0n) is 12.6. The lowest BCUT2D eigenvalue weighted by atomic mass is 9.99. The van der Waals surface area contributed by atoms with Gasteiger partial charge in [-0.1, -0.05) is 29.8 Å². The second kappa shape index (κ2) is 6.44. The van der Waals surface area contributed by atoms with Crippen molar-refractivity contribution in [1.82, 2.24) is 0 Å². The van der Waals surface area contributed by atoms with Crippen molar-refractivity contribution >= 4 is 5.69 Å². The van der Waals surface area contributed by atoms with E-state index in [0.29, 0.717) is 11.1 Å². The van der Waals surface area contributed by atoms with E-state index < -0.39 is 11.0 Å². The number of nitro benzene ring substituents is 1. The van der Waals surface area contributed by atoms with Gasteiger partial charge in [-0.05, 0) is 24.1 Å². The van der Waals surface area contributed by atoms with E-state index in [2.05, 4.69) is 0 Å². The molecule has 0 aromatic heterocycles. The third kappa shape index (κ3) is 3.01. The van der Waals surface area contributed by atoms with Crippen molar-refractivity contribution in [1.29, 1.82) is 0 Å². The Labute approximate surface area is 128 Å². The van der Waals surface area contributed by atoms with Gasteiger partial charge in [0.15, 0.2) is 5.75 Å². The molecule has 1 N–H and O–H groups in total. The number of aliphatic hydroxyl groups is 1. The second-order valence-electron chi connectivity index (χ2n) is 4.85. The predicted octanol–water partition coefficient (Wildman–Crippen LogP) is 3.00. The highest BCUT2D eigenvalue weighted by molar-refractivity contribution is 5.59. The van der Waals surface area contributed by atoms with Crippen LogP contribution in [-0.2, 0) is 0 Å². The number of aliphatic hydroxyl groups excluding tert-OH is 1. The van der Waals surface area contributed by atoms with Crippen LogP contribution in [0.1, 0.15) is 22.8 Å². The first kappa shape index (κ1) is 15.8. The van der Waals surface area contributed by atoms with E-state index in [-0.39, 0.29) is 17.2 Å². The van der Waals surface area contributed by atoms with Gasteiger partial charge in [0, 0.05) is 6.07 Å². The summed E-state index contributed by atoms with van der Waals surface area (Å²) in [6, 6.07) is 10.1.